The van der Waals surface area contributed by atoms with E-state index in [-0.39, 0.29) is 12.1 Å². The van der Waals surface area contributed by atoms with Crippen molar-refractivity contribution < 1.29 is 9.84 Å². The standard InChI is InChI=1S/C19H25NO2/c1-19(2,14-21)20(3)13-17-16(11-8-12-18(17)22-4)15-9-6-5-7-10-15/h5-12,21H,13-14H2,1-4H3. The number of methoxy groups -OCH3 is 1. The number of hydrogen-bond acceptors (Lipinski definition) is 3. The Balaban J connectivity index is 2.45. The van der Waals surface area contributed by atoms with E-state index in [1.54, 1.807) is 7.11 Å². The van der Waals surface area contributed by atoms with Crippen molar-refractivity contribution in [2.24, 2.45) is 0 Å². The first kappa shape index (κ1) is 16.5. The molecule has 0 radical (unpaired) electrons. The fourth-order valence-electron chi connectivity index (χ4n) is 2.38. The summed E-state index contributed by atoms with van der Waals surface area (Å²) in [6, 6.07) is 16.4. The minimum Gasteiger partial charge on any atom is -0.496 e. The fraction of sp³-hybridized carbons (Fsp3) is 0.368. The summed E-state index contributed by atoms with van der Waals surface area (Å²) >= 11 is 0. The third-order valence-electron chi connectivity index (χ3n) is 4.25. The van der Waals surface area contributed by atoms with Gasteiger partial charge >= 0.3 is 0 Å². The van der Waals surface area contributed by atoms with Crippen LogP contribution >= 0.6 is 0 Å². The summed E-state index contributed by atoms with van der Waals surface area (Å²) in [6.07, 6.45) is 0. The number of likely N-dealkylation sites (N-methyl/N-ethyl adjacent to an activating group) is 1. The van der Waals surface area contributed by atoms with Gasteiger partial charge in [-0.2, -0.15) is 0 Å². The highest BCUT2D eigenvalue weighted by atomic mass is 16.5. The second kappa shape index (κ2) is 6.95. The normalized spacial score (nSPS) is 11.7. The van der Waals surface area contributed by atoms with Gasteiger partial charge in [-0.25, -0.2) is 0 Å². The molecule has 0 aliphatic carbocycles. The summed E-state index contributed by atoms with van der Waals surface area (Å²) in [5, 5.41) is 9.58. The molecular weight excluding hydrogens is 274 g/mol. The molecule has 118 valence electrons. The Labute approximate surface area is 133 Å². The van der Waals surface area contributed by atoms with E-state index in [0.717, 1.165) is 11.3 Å². The number of aliphatic hydroxyl groups is 1. The van der Waals surface area contributed by atoms with Gasteiger partial charge in [0.15, 0.2) is 0 Å². The second-order valence-corrected chi connectivity index (χ2v) is 6.18. The smallest absolute Gasteiger partial charge is 0.123 e. The maximum absolute atomic E-state index is 9.58. The molecule has 0 unspecified atom stereocenters. The largest absolute Gasteiger partial charge is 0.496 e. The zero-order chi connectivity index (χ0) is 16.2. The highest BCUT2D eigenvalue weighted by Gasteiger charge is 2.24. The summed E-state index contributed by atoms with van der Waals surface area (Å²) in [4.78, 5) is 2.15. The summed E-state index contributed by atoms with van der Waals surface area (Å²) in [6.45, 7) is 4.89. The Morgan fingerprint density at radius 1 is 1.05 bits per heavy atom. The lowest BCUT2D eigenvalue weighted by atomic mass is 9.96. The number of rotatable bonds is 6. The molecule has 3 nitrogen and oxygen atoms in total. The quantitative estimate of drug-likeness (QED) is 0.885. The van der Waals surface area contributed by atoms with E-state index in [0.29, 0.717) is 6.54 Å². The van der Waals surface area contributed by atoms with Gasteiger partial charge in [0, 0.05) is 17.6 Å². The molecule has 0 saturated carbocycles. The maximum Gasteiger partial charge on any atom is 0.123 e. The highest BCUT2D eigenvalue weighted by Crippen LogP contribution is 2.32. The molecule has 2 aromatic rings. The van der Waals surface area contributed by atoms with Crippen LogP contribution in [0.5, 0.6) is 5.75 Å². The molecule has 0 aromatic heterocycles. The Morgan fingerprint density at radius 3 is 2.32 bits per heavy atom. The number of aliphatic hydroxyl groups excluding tert-OH is 1. The van der Waals surface area contributed by atoms with Gasteiger partial charge in [0.25, 0.3) is 0 Å². The molecule has 0 bridgehead atoms. The van der Waals surface area contributed by atoms with Gasteiger partial charge in [-0.1, -0.05) is 42.5 Å². The van der Waals surface area contributed by atoms with Crippen LogP contribution in [0, 0.1) is 0 Å². The van der Waals surface area contributed by atoms with Crippen LogP contribution in [-0.2, 0) is 6.54 Å². The molecule has 0 aliphatic heterocycles. The van der Waals surface area contributed by atoms with E-state index >= 15 is 0 Å². The van der Waals surface area contributed by atoms with E-state index in [4.69, 9.17) is 4.74 Å². The number of benzene rings is 2. The number of nitrogens with zero attached hydrogens (tertiary/aromatic N) is 1. The molecule has 0 atom stereocenters. The van der Waals surface area contributed by atoms with Crippen LogP contribution in [0.1, 0.15) is 19.4 Å². The van der Waals surface area contributed by atoms with E-state index in [1.807, 2.05) is 51.2 Å². The minimum absolute atomic E-state index is 0.110. The van der Waals surface area contributed by atoms with Crippen LogP contribution in [-0.4, -0.2) is 36.3 Å². The zero-order valence-corrected chi connectivity index (χ0v) is 13.8. The maximum atomic E-state index is 9.58. The Bertz CT molecular complexity index is 608. The van der Waals surface area contributed by atoms with Crippen molar-refractivity contribution in [3.63, 3.8) is 0 Å². The lowest BCUT2D eigenvalue weighted by molar-refractivity contribution is 0.0729. The predicted octanol–water partition coefficient (Wildman–Crippen LogP) is 3.56. The molecule has 0 saturated heterocycles. The van der Waals surface area contributed by atoms with Gasteiger partial charge in [-0.05, 0) is 38.1 Å². The highest BCUT2D eigenvalue weighted by molar-refractivity contribution is 5.70. The molecule has 2 aromatic carbocycles. The SMILES string of the molecule is COc1cccc(-c2ccccc2)c1CN(C)C(C)(C)CO. The average molecular weight is 299 g/mol. The molecule has 0 fully saturated rings. The molecule has 3 heteroatoms. The van der Waals surface area contributed by atoms with Crippen LogP contribution in [0.4, 0.5) is 0 Å². The lowest BCUT2D eigenvalue weighted by Crippen LogP contribution is -2.43. The summed E-state index contributed by atoms with van der Waals surface area (Å²) in [5.41, 5.74) is 3.20. The van der Waals surface area contributed by atoms with Gasteiger partial charge in [0.1, 0.15) is 5.75 Å². The molecular formula is C19H25NO2. The molecule has 2 rings (SSSR count). The third-order valence-corrected chi connectivity index (χ3v) is 4.25. The van der Waals surface area contributed by atoms with Crippen LogP contribution in [0.2, 0.25) is 0 Å². The average Bonchev–Trinajstić information content (AvgIpc) is 2.55. The van der Waals surface area contributed by atoms with Crippen molar-refractivity contribution in [2.45, 2.75) is 25.9 Å². The Morgan fingerprint density at radius 2 is 1.73 bits per heavy atom. The number of ether oxygens (including phenoxy) is 1. The van der Waals surface area contributed by atoms with Crippen LogP contribution < -0.4 is 4.74 Å². The van der Waals surface area contributed by atoms with Gasteiger partial charge < -0.3 is 9.84 Å². The second-order valence-electron chi connectivity index (χ2n) is 6.18. The first-order valence-electron chi connectivity index (χ1n) is 7.53. The summed E-state index contributed by atoms with van der Waals surface area (Å²) < 4.78 is 5.57. The van der Waals surface area contributed by atoms with E-state index < -0.39 is 0 Å². The first-order chi connectivity index (χ1) is 10.5. The molecule has 0 heterocycles. The van der Waals surface area contributed by atoms with E-state index in [9.17, 15) is 5.11 Å². The van der Waals surface area contributed by atoms with Crippen molar-refractivity contribution in [3.05, 3.63) is 54.1 Å². The van der Waals surface area contributed by atoms with Gasteiger partial charge in [0.05, 0.1) is 13.7 Å². The molecule has 0 amide bonds. The van der Waals surface area contributed by atoms with Crippen LogP contribution in [0.25, 0.3) is 11.1 Å². The Hall–Kier alpha value is -1.84. The molecule has 0 spiro atoms. The van der Waals surface area contributed by atoms with Crippen LogP contribution in [0.3, 0.4) is 0 Å². The zero-order valence-electron chi connectivity index (χ0n) is 13.8. The van der Waals surface area contributed by atoms with Gasteiger partial charge in [0.2, 0.25) is 0 Å². The lowest BCUT2D eigenvalue weighted by Gasteiger charge is -2.34. The van der Waals surface area contributed by atoms with Crippen molar-refractivity contribution in [1.82, 2.24) is 4.90 Å². The molecule has 0 aliphatic rings. The Kier molecular flexibility index (Phi) is 5.22. The van der Waals surface area contributed by atoms with Crippen molar-refractivity contribution in [2.75, 3.05) is 20.8 Å². The van der Waals surface area contributed by atoms with E-state index in [2.05, 4.69) is 23.1 Å². The van der Waals surface area contributed by atoms with Gasteiger partial charge in [-0.3, -0.25) is 4.90 Å². The topological polar surface area (TPSA) is 32.7 Å². The van der Waals surface area contributed by atoms with Gasteiger partial charge in [-0.15, -0.1) is 0 Å². The first-order valence-corrected chi connectivity index (χ1v) is 7.53. The number of hydrogen-bond donors (Lipinski definition) is 1. The summed E-state index contributed by atoms with van der Waals surface area (Å²) in [7, 11) is 3.72. The molecule has 1 N–H and O–H groups in total. The third kappa shape index (κ3) is 3.49. The van der Waals surface area contributed by atoms with Crippen molar-refractivity contribution in [3.8, 4) is 16.9 Å². The summed E-state index contributed by atoms with van der Waals surface area (Å²) in [5.74, 6) is 0.877. The van der Waals surface area contributed by atoms with E-state index in [1.165, 1.54) is 11.1 Å². The molecule has 22 heavy (non-hydrogen) atoms. The van der Waals surface area contributed by atoms with Crippen molar-refractivity contribution >= 4 is 0 Å². The van der Waals surface area contributed by atoms with Crippen molar-refractivity contribution in [1.29, 1.82) is 0 Å². The predicted molar refractivity (Wildman–Crippen MR) is 91.1 cm³/mol. The minimum atomic E-state index is -0.283. The van der Waals surface area contributed by atoms with Crippen LogP contribution in [0.15, 0.2) is 48.5 Å². The monoisotopic (exact) mass is 299 g/mol. The fourth-order valence-corrected chi connectivity index (χ4v) is 2.38.